The van der Waals surface area contributed by atoms with Crippen LogP contribution in [-0.4, -0.2) is 42.6 Å². The Bertz CT molecular complexity index is 852. The van der Waals surface area contributed by atoms with Crippen LogP contribution in [0.4, 0.5) is 5.82 Å². The second-order valence-corrected chi connectivity index (χ2v) is 5.61. The van der Waals surface area contributed by atoms with Crippen LogP contribution >= 0.6 is 0 Å². The number of nitrogens with one attached hydrogen (secondary N) is 1. The number of hydrogen-bond acceptors (Lipinski definition) is 5. The Labute approximate surface area is 132 Å². The second-order valence-electron chi connectivity index (χ2n) is 5.61. The van der Waals surface area contributed by atoms with Crippen molar-refractivity contribution in [2.45, 2.75) is 19.0 Å². The number of hydrogen-bond donors (Lipinski definition) is 1. The van der Waals surface area contributed by atoms with Crippen LogP contribution in [0.3, 0.4) is 0 Å². The Morgan fingerprint density at radius 3 is 3.09 bits per heavy atom. The van der Waals surface area contributed by atoms with E-state index in [0.29, 0.717) is 18.9 Å². The minimum Gasteiger partial charge on any atom is -0.300 e. The zero-order valence-corrected chi connectivity index (χ0v) is 12.8. The largest absolute Gasteiger partial charge is 0.300 e. The summed E-state index contributed by atoms with van der Waals surface area (Å²) in [5.74, 6) is 0.780. The first-order valence-electron chi connectivity index (χ1n) is 7.53. The molecule has 1 N–H and O–H groups in total. The third-order valence-electron chi connectivity index (χ3n) is 4.11. The Kier molecular flexibility index (Phi) is 3.30. The summed E-state index contributed by atoms with van der Waals surface area (Å²) >= 11 is 0. The van der Waals surface area contributed by atoms with E-state index in [0.717, 1.165) is 17.8 Å². The number of anilines is 1. The maximum absolute atomic E-state index is 12.5. The first kappa shape index (κ1) is 13.9. The highest BCUT2D eigenvalue weighted by molar-refractivity contribution is 5.98. The second kappa shape index (κ2) is 5.47. The first-order chi connectivity index (χ1) is 11.2. The van der Waals surface area contributed by atoms with E-state index in [-0.39, 0.29) is 11.9 Å². The molecule has 3 aromatic rings. The molecule has 8 heteroatoms. The Morgan fingerprint density at radius 1 is 1.35 bits per heavy atom. The summed E-state index contributed by atoms with van der Waals surface area (Å²) in [6, 6.07) is 1.67. The highest BCUT2D eigenvalue weighted by Crippen LogP contribution is 2.19. The maximum atomic E-state index is 12.5. The van der Waals surface area contributed by atoms with E-state index < -0.39 is 0 Å². The number of nitrogens with zero attached hydrogens (tertiary/aromatic N) is 6. The molecule has 1 atom stereocenters. The van der Waals surface area contributed by atoms with Crippen molar-refractivity contribution in [1.29, 1.82) is 0 Å². The molecule has 23 heavy (non-hydrogen) atoms. The number of imidazole rings is 1. The standard InChI is InChI=1S/C15H17N7O/c1-20-5-3-13(19-20)22-6-2-12(15(22)23)17-8-11-9-18-14-10-16-4-7-21(11)14/h3-5,7,9-10,12,17H,2,6,8H2,1H3. The lowest BCUT2D eigenvalue weighted by Gasteiger charge is -2.14. The van der Waals surface area contributed by atoms with E-state index in [4.69, 9.17) is 0 Å². The normalized spacial score (nSPS) is 18.2. The molecule has 1 amide bonds. The van der Waals surface area contributed by atoms with E-state index in [1.165, 1.54) is 0 Å². The summed E-state index contributed by atoms with van der Waals surface area (Å²) in [7, 11) is 1.85. The summed E-state index contributed by atoms with van der Waals surface area (Å²) in [4.78, 5) is 22.6. The summed E-state index contributed by atoms with van der Waals surface area (Å²) in [6.45, 7) is 1.27. The SMILES string of the molecule is Cn1ccc(N2CCC(NCc3cnc4cnccn34)C2=O)n1. The van der Waals surface area contributed by atoms with Crippen molar-refractivity contribution in [1.82, 2.24) is 29.5 Å². The van der Waals surface area contributed by atoms with Crippen LogP contribution in [0.2, 0.25) is 0 Å². The number of rotatable bonds is 4. The maximum Gasteiger partial charge on any atom is 0.245 e. The van der Waals surface area contributed by atoms with Gasteiger partial charge in [0.05, 0.1) is 24.1 Å². The van der Waals surface area contributed by atoms with Crippen LogP contribution in [-0.2, 0) is 18.4 Å². The molecule has 1 fully saturated rings. The van der Waals surface area contributed by atoms with Gasteiger partial charge in [-0.15, -0.1) is 0 Å². The van der Waals surface area contributed by atoms with Crippen molar-refractivity contribution in [2.75, 3.05) is 11.4 Å². The molecule has 4 rings (SSSR count). The van der Waals surface area contributed by atoms with Gasteiger partial charge in [-0.25, -0.2) is 4.98 Å². The number of carbonyl (C=O) groups excluding carboxylic acids is 1. The fourth-order valence-corrected chi connectivity index (χ4v) is 2.90. The summed E-state index contributed by atoms with van der Waals surface area (Å²) < 4.78 is 3.67. The predicted octanol–water partition coefficient (Wildman–Crippen LogP) is 0.358. The van der Waals surface area contributed by atoms with Crippen molar-refractivity contribution in [2.24, 2.45) is 7.05 Å². The predicted molar refractivity (Wildman–Crippen MR) is 83.8 cm³/mol. The molecule has 0 bridgehead atoms. The smallest absolute Gasteiger partial charge is 0.245 e. The number of fused-ring (bicyclic) bond motifs is 1. The van der Waals surface area contributed by atoms with E-state index in [1.807, 2.05) is 29.9 Å². The molecule has 1 aliphatic heterocycles. The van der Waals surface area contributed by atoms with Gasteiger partial charge >= 0.3 is 0 Å². The number of carbonyl (C=O) groups is 1. The Hall–Kier alpha value is -2.74. The molecule has 0 radical (unpaired) electrons. The van der Waals surface area contributed by atoms with E-state index in [2.05, 4.69) is 20.4 Å². The van der Waals surface area contributed by atoms with Gasteiger partial charge in [0, 0.05) is 44.8 Å². The molecule has 4 heterocycles. The van der Waals surface area contributed by atoms with Crippen molar-refractivity contribution in [3.05, 3.63) is 42.7 Å². The quantitative estimate of drug-likeness (QED) is 0.752. The van der Waals surface area contributed by atoms with E-state index in [1.54, 1.807) is 28.2 Å². The summed E-state index contributed by atoms with van der Waals surface area (Å²) in [5, 5.41) is 7.63. The molecule has 1 aliphatic rings. The van der Waals surface area contributed by atoms with Crippen molar-refractivity contribution >= 4 is 17.4 Å². The molecule has 0 aliphatic carbocycles. The van der Waals surface area contributed by atoms with Gasteiger partial charge in [-0.05, 0) is 6.42 Å². The monoisotopic (exact) mass is 311 g/mol. The molecule has 1 saturated heterocycles. The summed E-state index contributed by atoms with van der Waals surface area (Å²) in [6.07, 6.45) is 9.73. The van der Waals surface area contributed by atoms with Crippen LogP contribution < -0.4 is 10.2 Å². The van der Waals surface area contributed by atoms with Crippen LogP contribution in [0.5, 0.6) is 0 Å². The van der Waals surface area contributed by atoms with E-state index >= 15 is 0 Å². The van der Waals surface area contributed by atoms with Crippen LogP contribution in [0, 0.1) is 0 Å². The molecule has 0 aromatic carbocycles. The molecule has 0 saturated carbocycles. The van der Waals surface area contributed by atoms with Crippen molar-refractivity contribution in [3.8, 4) is 0 Å². The highest BCUT2D eigenvalue weighted by atomic mass is 16.2. The lowest BCUT2D eigenvalue weighted by Crippen LogP contribution is -2.38. The van der Waals surface area contributed by atoms with Crippen LogP contribution in [0.25, 0.3) is 5.65 Å². The van der Waals surface area contributed by atoms with Gasteiger partial charge in [0.2, 0.25) is 5.91 Å². The van der Waals surface area contributed by atoms with Crippen molar-refractivity contribution in [3.63, 3.8) is 0 Å². The highest BCUT2D eigenvalue weighted by Gasteiger charge is 2.33. The molecule has 1 unspecified atom stereocenters. The lowest BCUT2D eigenvalue weighted by molar-refractivity contribution is -0.118. The zero-order valence-electron chi connectivity index (χ0n) is 12.8. The minimum absolute atomic E-state index is 0.0687. The van der Waals surface area contributed by atoms with Crippen molar-refractivity contribution < 1.29 is 4.79 Å². The molecule has 3 aromatic heterocycles. The van der Waals surface area contributed by atoms with Gasteiger partial charge in [0.15, 0.2) is 11.5 Å². The molecular weight excluding hydrogens is 294 g/mol. The third kappa shape index (κ3) is 2.46. The van der Waals surface area contributed by atoms with Gasteiger partial charge in [0.1, 0.15) is 0 Å². The lowest BCUT2D eigenvalue weighted by atomic mass is 10.2. The number of aryl methyl sites for hydroxylation is 1. The molecule has 8 nitrogen and oxygen atoms in total. The van der Waals surface area contributed by atoms with Gasteiger partial charge in [-0.1, -0.05) is 0 Å². The number of aromatic nitrogens is 5. The zero-order chi connectivity index (χ0) is 15.8. The third-order valence-corrected chi connectivity index (χ3v) is 4.11. The number of amides is 1. The molecular formula is C15H17N7O. The molecule has 0 spiro atoms. The molecule has 118 valence electrons. The van der Waals surface area contributed by atoms with E-state index in [9.17, 15) is 4.79 Å². The van der Waals surface area contributed by atoms with Crippen LogP contribution in [0.1, 0.15) is 12.1 Å². The average Bonchev–Trinajstić information content (AvgIpc) is 3.25. The summed E-state index contributed by atoms with van der Waals surface area (Å²) in [5.41, 5.74) is 1.81. The fourth-order valence-electron chi connectivity index (χ4n) is 2.90. The van der Waals surface area contributed by atoms with Crippen LogP contribution in [0.15, 0.2) is 37.1 Å². The topological polar surface area (TPSA) is 80.4 Å². The van der Waals surface area contributed by atoms with Gasteiger partial charge in [-0.2, -0.15) is 5.10 Å². The first-order valence-corrected chi connectivity index (χ1v) is 7.53. The minimum atomic E-state index is -0.190. The van der Waals surface area contributed by atoms with Gasteiger partial charge in [0.25, 0.3) is 0 Å². The van der Waals surface area contributed by atoms with Gasteiger partial charge in [-0.3, -0.25) is 23.8 Å². The van der Waals surface area contributed by atoms with Gasteiger partial charge < -0.3 is 5.32 Å². The Morgan fingerprint density at radius 2 is 2.26 bits per heavy atom. The fraction of sp³-hybridized carbons (Fsp3) is 0.333. The Balaban J connectivity index is 1.45. The average molecular weight is 311 g/mol.